The number of halogens is 1. The Labute approximate surface area is 136 Å². The van der Waals surface area contributed by atoms with Crippen molar-refractivity contribution in [1.82, 2.24) is 5.32 Å². The minimum atomic E-state index is -0.859. The zero-order chi connectivity index (χ0) is 16.0. The number of hydrogen-bond acceptors (Lipinski definition) is 3. The molecule has 0 aliphatic heterocycles. The zero-order valence-corrected chi connectivity index (χ0v) is 13.6. The Bertz CT molecular complexity index is 510. The first-order valence-electron chi connectivity index (χ1n) is 7.64. The first kappa shape index (κ1) is 16.8. The van der Waals surface area contributed by atoms with Crippen molar-refractivity contribution in [3.63, 3.8) is 0 Å². The predicted molar refractivity (Wildman–Crippen MR) is 85.9 cm³/mol. The lowest BCUT2D eigenvalue weighted by Crippen LogP contribution is -2.56. The molecule has 0 aromatic heterocycles. The van der Waals surface area contributed by atoms with Crippen LogP contribution in [0.15, 0.2) is 30.3 Å². The minimum Gasteiger partial charge on any atom is -0.445 e. The summed E-state index contributed by atoms with van der Waals surface area (Å²) >= 11 is 5.73. The number of Topliss-reactive ketones (excluding diaryl/α,β-unsaturated/α-hetero) is 1. The van der Waals surface area contributed by atoms with Crippen molar-refractivity contribution < 1.29 is 14.3 Å². The van der Waals surface area contributed by atoms with Crippen molar-refractivity contribution in [2.24, 2.45) is 5.92 Å². The Morgan fingerprint density at radius 2 is 1.91 bits per heavy atom. The summed E-state index contributed by atoms with van der Waals surface area (Å²) in [6.07, 6.45) is 2.50. The summed E-state index contributed by atoms with van der Waals surface area (Å²) in [7, 11) is 0. The Balaban J connectivity index is 1.95. The molecule has 120 valence electrons. The quantitative estimate of drug-likeness (QED) is 0.841. The van der Waals surface area contributed by atoms with E-state index in [0.717, 1.165) is 18.4 Å². The van der Waals surface area contributed by atoms with E-state index in [-0.39, 0.29) is 18.3 Å². The lowest BCUT2D eigenvalue weighted by molar-refractivity contribution is -0.124. The highest BCUT2D eigenvalue weighted by molar-refractivity contribution is 6.29. The van der Waals surface area contributed by atoms with Crippen LogP contribution in [0.2, 0.25) is 0 Å². The van der Waals surface area contributed by atoms with Gasteiger partial charge in [0.1, 0.15) is 12.1 Å². The highest BCUT2D eigenvalue weighted by atomic mass is 35.5. The largest absolute Gasteiger partial charge is 0.445 e. The number of rotatable bonds is 5. The number of benzene rings is 1. The molecule has 1 N–H and O–H groups in total. The van der Waals surface area contributed by atoms with Gasteiger partial charge in [-0.05, 0) is 37.2 Å². The molecule has 0 bridgehead atoms. The highest BCUT2D eigenvalue weighted by Gasteiger charge is 2.41. The molecule has 0 atom stereocenters. The number of amides is 1. The molecule has 5 heteroatoms. The molecule has 1 aromatic carbocycles. The monoisotopic (exact) mass is 323 g/mol. The van der Waals surface area contributed by atoms with Crippen LogP contribution < -0.4 is 5.32 Å². The first-order valence-corrected chi connectivity index (χ1v) is 8.17. The smallest absolute Gasteiger partial charge is 0.408 e. The molecule has 0 unspecified atom stereocenters. The molecule has 2 rings (SSSR count). The van der Waals surface area contributed by atoms with Gasteiger partial charge in [0.15, 0.2) is 5.78 Å². The van der Waals surface area contributed by atoms with Gasteiger partial charge in [0.05, 0.1) is 5.88 Å². The van der Waals surface area contributed by atoms with Crippen LogP contribution >= 0.6 is 11.6 Å². The molecule has 0 radical (unpaired) electrons. The predicted octanol–water partition coefficient (Wildman–Crippen LogP) is 3.67. The molecular formula is C17H22ClNO3. The van der Waals surface area contributed by atoms with E-state index in [4.69, 9.17) is 16.3 Å². The van der Waals surface area contributed by atoms with Gasteiger partial charge < -0.3 is 10.1 Å². The fraction of sp³-hybridized carbons (Fsp3) is 0.529. The van der Waals surface area contributed by atoms with Gasteiger partial charge in [-0.15, -0.1) is 11.6 Å². The van der Waals surface area contributed by atoms with Crippen molar-refractivity contribution in [2.45, 2.75) is 44.8 Å². The number of carbonyl (C=O) groups excluding carboxylic acids is 2. The molecule has 22 heavy (non-hydrogen) atoms. The molecular weight excluding hydrogens is 302 g/mol. The van der Waals surface area contributed by atoms with E-state index < -0.39 is 11.6 Å². The van der Waals surface area contributed by atoms with Gasteiger partial charge in [0.25, 0.3) is 0 Å². The van der Waals surface area contributed by atoms with E-state index in [1.54, 1.807) is 0 Å². The molecule has 1 aromatic rings. The third-order valence-corrected chi connectivity index (χ3v) is 4.58. The summed E-state index contributed by atoms with van der Waals surface area (Å²) < 4.78 is 5.23. The molecule has 0 spiro atoms. The van der Waals surface area contributed by atoms with Gasteiger partial charge in [-0.1, -0.05) is 37.3 Å². The van der Waals surface area contributed by atoms with Crippen LogP contribution in [0.25, 0.3) is 0 Å². The number of carbonyl (C=O) groups is 2. The van der Waals surface area contributed by atoms with Crippen molar-refractivity contribution in [1.29, 1.82) is 0 Å². The van der Waals surface area contributed by atoms with E-state index in [2.05, 4.69) is 12.2 Å². The third-order valence-electron chi connectivity index (χ3n) is 4.34. The van der Waals surface area contributed by atoms with Gasteiger partial charge >= 0.3 is 6.09 Å². The zero-order valence-electron chi connectivity index (χ0n) is 12.8. The summed E-state index contributed by atoms with van der Waals surface area (Å²) in [5, 5.41) is 2.78. The van der Waals surface area contributed by atoms with E-state index in [9.17, 15) is 9.59 Å². The summed E-state index contributed by atoms with van der Waals surface area (Å²) in [5.41, 5.74) is 0.0508. The Hall–Kier alpha value is -1.55. The van der Waals surface area contributed by atoms with E-state index >= 15 is 0 Å². The second-order valence-electron chi connectivity index (χ2n) is 6.01. The lowest BCUT2D eigenvalue weighted by Gasteiger charge is -2.38. The third kappa shape index (κ3) is 4.23. The normalized spacial score (nSPS) is 24.5. The molecule has 1 fully saturated rings. The minimum absolute atomic E-state index is 0.0899. The molecule has 1 amide bonds. The lowest BCUT2D eigenvalue weighted by atomic mass is 9.75. The Morgan fingerprint density at radius 1 is 1.27 bits per heavy atom. The van der Waals surface area contributed by atoms with Gasteiger partial charge in [-0.3, -0.25) is 4.79 Å². The van der Waals surface area contributed by atoms with Crippen LogP contribution in [-0.2, 0) is 16.1 Å². The molecule has 1 aliphatic carbocycles. The van der Waals surface area contributed by atoms with Gasteiger partial charge in [-0.25, -0.2) is 4.79 Å². The van der Waals surface area contributed by atoms with E-state index in [0.29, 0.717) is 18.8 Å². The summed E-state index contributed by atoms with van der Waals surface area (Å²) in [4.78, 5) is 24.3. The maximum Gasteiger partial charge on any atom is 0.408 e. The number of nitrogens with one attached hydrogen (secondary N) is 1. The summed E-state index contributed by atoms with van der Waals surface area (Å²) in [6.45, 7) is 2.34. The number of alkyl carbamates (subject to hydrolysis) is 1. The average Bonchev–Trinajstić information content (AvgIpc) is 2.55. The number of ketones is 1. The molecule has 1 aliphatic rings. The Kier molecular flexibility index (Phi) is 5.83. The standard InChI is InChI=1S/C17H22ClNO3/c1-13-7-9-17(10-8-13,15(20)11-18)19-16(21)22-12-14-5-3-2-4-6-14/h2-6,13H,7-12H2,1H3,(H,19,21). The summed E-state index contributed by atoms with van der Waals surface area (Å²) in [5.74, 6) is 0.351. The SMILES string of the molecule is CC1CCC(NC(=O)OCc2ccccc2)(C(=O)CCl)CC1. The van der Waals surface area contributed by atoms with Gasteiger partial charge in [0.2, 0.25) is 0 Å². The fourth-order valence-corrected chi connectivity index (χ4v) is 3.07. The second-order valence-corrected chi connectivity index (χ2v) is 6.28. The van der Waals surface area contributed by atoms with Gasteiger partial charge in [0, 0.05) is 0 Å². The fourth-order valence-electron chi connectivity index (χ4n) is 2.81. The molecule has 4 nitrogen and oxygen atoms in total. The summed E-state index contributed by atoms with van der Waals surface area (Å²) in [6, 6.07) is 9.45. The van der Waals surface area contributed by atoms with Crippen molar-refractivity contribution in [2.75, 3.05) is 5.88 Å². The maximum absolute atomic E-state index is 12.2. The highest BCUT2D eigenvalue weighted by Crippen LogP contribution is 2.33. The second kappa shape index (κ2) is 7.63. The van der Waals surface area contributed by atoms with E-state index in [1.165, 1.54) is 0 Å². The van der Waals surface area contributed by atoms with Gasteiger partial charge in [-0.2, -0.15) is 0 Å². The molecule has 0 heterocycles. The average molecular weight is 324 g/mol. The van der Waals surface area contributed by atoms with Crippen LogP contribution in [0.5, 0.6) is 0 Å². The Morgan fingerprint density at radius 3 is 2.50 bits per heavy atom. The van der Waals surface area contributed by atoms with Crippen molar-refractivity contribution in [3.8, 4) is 0 Å². The number of ether oxygens (including phenoxy) is 1. The first-order chi connectivity index (χ1) is 10.6. The molecule has 1 saturated carbocycles. The van der Waals surface area contributed by atoms with Crippen LogP contribution in [0.3, 0.4) is 0 Å². The maximum atomic E-state index is 12.2. The number of hydrogen-bond donors (Lipinski definition) is 1. The number of alkyl halides is 1. The van der Waals surface area contributed by atoms with Crippen LogP contribution in [0, 0.1) is 5.92 Å². The van der Waals surface area contributed by atoms with Crippen LogP contribution in [0.1, 0.15) is 38.2 Å². The van der Waals surface area contributed by atoms with E-state index in [1.807, 2.05) is 30.3 Å². The van der Waals surface area contributed by atoms with Crippen LogP contribution in [-0.4, -0.2) is 23.3 Å². The topological polar surface area (TPSA) is 55.4 Å². The van der Waals surface area contributed by atoms with Crippen molar-refractivity contribution in [3.05, 3.63) is 35.9 Å². The van der Waals surface area contributed by atoms with Crippen LogP contribution in [0.4, 0.5) is 4.79 Å². The van der Waals surface area contributed by atoms with Crippen molar-refractivity contribution >= 4 is 23.5 Å². The molecule has 0 saturated heterocycles.